The van der Waals surface area contributed by atoms with E-state index in [9.17, 15) is 0 Å². The summed E-state index contributed by atoms with van der Waals surface area (Å²) < 4.78 is 0. The van der Waals surface area contributed by atoms with Gasteiger partial charge in [-0.15, -0.1) is 22.7 Å². The Morgan fingerprint density at radius 1 is 1.35 bits per heavy atom. The molecule has 0 amide bonds. The maximum Gasteiger partial charge on any atom is 0.0948 e. The molecule has 1 atom stereocenters. The highest BCUT2D eigenvalue weighted by molar-refractivity contribution is 7.15. The predicted molar refractivity (Wildman–Crippen MR) is 74.7 cm³/mol. The molecular formula is C12H17N3S2. The third kappa shape index (κ3) is 2.91. The van der Waals surface area contributed by atoms with Crippen LogP contribution in [-0.2, 0) is 6.42 Å². The zero-order valence-electron chi connectivity index (χ0n) is 10.4. The van der Waals surface area contributed by atoms with Crippen molar-refractivity contribution in [3.05, 3.63) is 21.1 Å². The van der Waals surface area contributed by atoms with Crippen molar-refractivity contribution in [3.8, 4) is 10.6 Å². The first kappa shape index (κ1) is 12.7. The van der Waals surface area contributed by atoms with Gasteiger partial charge in [-0.3, -0.25) is 0 Å². The van der Waals surface area contributed by atoms with Crippen molar-refractivity contribution in [1.82, 2.24) is 9.97 Å². The number of rotatable bonds is 4. The summed E-state index contributed by atoms with van der Waals surface area (Å²) in [6.07, 6.45) is 1.87. The smallest absolute Gasteiger partial charge is 0.0948 e. The van der Waals surface area contributed by atoms with Crippen molar-refractivity contribution in [2.75, 3.05) is 0 Å². The van der Waals surface area contributed by atoms with Crippen LogP contribution in [0.1, 0.15) is 29.1 Å². The molecule has 2 aromatic rings. The third-order valence-electron chi connectivity index (χ3n) is 2.65. The number of hydrogen-bond acceptors (Lipinski definition) is 5. The van der Waals surface area contributed by atoms with Gasteiger partial charge in [-0.25, -0.2) is 9.97 Å². The number of aryl methyl sites for hydroxylation is 2. The highest BCUT2D eigenvalue weighted by Crippen LogP contribution is 2.30. The van der Waals surface area contributed by atoms with E-state index in [1.807, 2.05) is 13.8 Å². The molecule has 1 unspecified atom stereocenters. The third-order valence-corrected chi connectivity index (χ3v) is 4.62. The van der Waals surface area contributed by atoms with E-state index in [0.29, 0.717) is 0 Å². The van der Waals surface area contributed by atoms with Crippen LogP contribution in [0.5, 0.6) is 0 Å². The van der Waals surface area contributed by atoms with E-state index in [1.54, 1.807) is 22.7 Å². The molecule has 92 valence electrons. The molecule has 0 aliphatic rings. The SMILES string of the molecule is CCC(N)Cc1nc(-c2sc(C)nc2C)cs1. The summed E-state index contributed by atoms with van der Waals surface area (Å²) in [5, 5.41) is 4.33. The summed E-state index contributed by atoms with van der Waals surface area (Å²) in [5.74, 6) is 0. The monoisotopic (exact) mass is 267 g/mol. The van der Waals surface area contributed by atoms with Crippen LogP contribution in [0.15, 0.2) is 5.38 Å². The Balaban J connectivity index is 2.21. The first-order valence-electron chi connectivity index (χ1n) is 5.74. The van der Waals surface area contributed by atoms with E-state index in [4.69, 9.17) is 5.73 Å². The lowest BCUT2D eigenvalue weighted by Crippen LogP contribution is -2.21. The van der Waals surface area contributed by atoms with Gasteiger partial charge in [-0.2, -0.15) is 0 Å². The van der Waals surface area contributed by atoms with E-state index < -0.39 is 0 Å². The lowest BCUT2D eigenvalue weighted by Gasteiger charge is -2.04. The minimum absolute atomic E-state index is 0.221. The van der Waals surface area contributed by atoms with Gasteiger partial charge in [-0.1, -0.05) is 6.92 Å². The maximum absolute atomic E-state index is 5.94. The lowest BCUT2D eigenvalue weighted by molar-refractivity contribution is 0.644. The van der Waals surface area contributed by atoms with Crippen molar-refractivity contribution in [1.29, 1.82) is 0 Å². The van der Waals surface area contributed by atoms with Gasteiger partial charge in [0.2, 0.25) is 0 Å². The summed E-state index contributed by atoms with van der Waals surface area (Å²) in [7, 11) is 0. The minimum Gasteiger partial charge on any atom is -0.327 e. The number of aromatic nitrogens is 2. The molecule has 3 nitrogen and oxygen atoms in total. The van der Waals surface area contributed by atoms with Crippen LogP contribution in [0.2, 0.25) is 0 Å². The van der Waals surface area contributed by atoms with Crippen LogP contribution in [-0.4, -0.2) is 16.0 Å². The van der Waals surface area contributed by atoms with Gasteiger partial charge < -0.3 is 5.73 Å². The molecule has 0 aliphatic carbocycles. The summed E-state index contributed by atoms with van der Waals surface area (Å²) in [6, 6.07) is 0.221. The average Bonchev–Trinajstić information content (AvgIpc) is 2.85. The highest BCUT2D eigenvalue weighted by Gasteiger charge is 2.12. The van der Waals surface area contributed by atoms with E-state index in [2.05, 4.69) is 22.3 Å². The normalized spacial score (nSPS) is 12.9. The van der Waals surface area contributed by atoms with Gasteiger partial charge >= 0.3 is 0 Å². The van der Waals surface area contributed by atoms with Gasteiger partial charge in [0.25, 0.3) is 0 Å². The van der Waals surface area contributed by atoms with Crippen molar-refractivity contribution in [3.63, 3.8) is 0 Å². The maximum atomic E-state index is 5.94. The predicted octanol–water partition coefficient (Wildman–Crippen LogP) is 3.16. The molecule has 2 N–H and O–H groups in total. The number of nitrogens with zero attached hydrogens (tertiary/aromatic N) is 2. The Bertz CT molecular complexity index is 502. The average molecular weight is 267 g/mol. The molecular weight excluding hydrogens is 250 g/mol. The van der Waals surface area contributed by atoms with Crippen molar-refractivity contribution in [2.24, 2.45) is 5.73 Å². The van der Waals surface area contributed by atoms with Crippen molar-refractivity contribution < 1.29 is 0 Å². The molecule has 0 radical (unpaired) electrons. The van der Waals surface area contributed by atoms with Crippen LogP contribution in [0.25, 0.3) is 10.6 Å². The van der Waals surface area contributed by atoms with Gasteiger partial charge in [0.15, 0.2) is 0 Å². The van der Waals surface area contributed by atoms with Crippen LogP contribution in [0, 0.1) is 13.8 Å². The Morgan fingerprint density at radius 2 is 2.12 bits per heavy atom. The van der Waals surface area contributed by atoms with Crippen LogP contribution in [0.3, 0.4) is 0 Å². The van der Waals surface area contributed by atoms with Gasteiger partial charge in [0, 0.05) is 17.8 Å². The minimum atomic E-state index is 0.221. The first-order chi connectivity index (χ1) is 8.10. The molecule has 0 aromatic carbocycles. The van der Waals surface area contributed by atoms with Crippen LogP contribution >= 0.6 is 22.7 Å². The molecule has 0 spiro atoms. The topological polar surface area (TPSA) is 51.8 Å². The number of hydrogen-bond donors (Lipinski definition) is 1. The molecule has 0 saturated heterocycles. The zero-order valence-corrected chi connectivity index (χ0v) is 12.0. The second-order valence-electron chi connectivity index (χ2n) is 4.15. The van der Waals surface area contributed by atoms with E-state index in [0.717, 1.165) is 34.2 Å². The fraction of sp³-hybridized carbons (Fsp3) is 0.500. The van der Waals surface area contributed by atoms with E-state index in [1.165, 1.54) is 4.88 Å². The van der Waals surface area contributed by atoms with Gasteiger partial charge in [0.1, 0.15) is 0 Å². The second-order valence-corrected chi connectivity index (χ2v) is 6.29. The quantitative estimate of drug-likeness (QED) is 0.925. The van der Waals surface area contributed by atoms with Crippen LogP contribution < -0.4 is 5.73 Å². The first-order valence-corrected chi connectivity index (χ1v) is 7.44. The summed E-state index contributed by atoms with van der Waals surface area (Å²) in [4.78, 5) is 10.3. The van der Waals surface area contributed by atoms with E-state index in [-0.39, 0.29) is 6.04 Å². The second kappa shape index (κ2) is 5.25. The van der Waals surface area contributed by atoms with Crippen LogP contribution in [0.4, 0.5) is 0 Å². The Labute approximate surface area is 110 Å². The zero-order chi connectivity index (χ0) is 12.4. The van der Waals surface area contributed by atoms with Gasteiger partial charge in [0.05, 0.1) is 26.3 Å². The summed E-state index contributed by atoms with van der Waals surface area (Å²) in [6.45, 7) is 6.17. The molecule has 0 fully saturated rings. The Kier molecular flexibility index (Phi) is 3.91. The Morgan fingerprint density at radius 3 is 2.71 bits per heavy atom. The molecule has 0 saturated carbocycles. The standard InChI is InChI=1S/C12H17N3S2/c1-4-9(13)5-11-15-10(6-16-11)12-7(2)14-8(3)17-12/h6,9H,4-5,13H2,1-3H3. The Hall–Kier alpha value is -0.780. The van der Waals surface area contributed by atoms with Gasteiger partial charge in [-0.05, 0) is 20.3 Å². The van der Waals surface area contributed by atoms with Crippen molar-refractivity contribution >= 4 is 22.7 Å². The molecule has 17 heavy (non-hydrogen) atoms. The number of nitrogens with two attached hydrogens (primary N) is 1. The summed E-state index contributed by atoms with van der Waals surface area (Å²) in [5.41, 5.74) is 8.07. The molecule has 2 heterocycles. The molecule has 0 bridgehead atoms. The fourth-order valence-electron chi connectivity index (χ4n) is 1.65. The van der Waals surface area contributed by atoms with E-state index >= 15 is 0 Å². The highest BCUT2D eigenvalue weighted by atomic mass is 32.1. The largest absolute Gasteiger partial charge is 0.327 e. The fourth-order valence-corrected chi connectivity index (χ4v) is 3.48. The lowest BCUT2D eigenvalue weighted by atomic mass is 10.2. The van der Waals surface area contributed by atoms with Crippen molar-refractivity contribution in [2.45, 2.75) is 39.7 Å². The molecule has 5 heteroatoms. The molecule has 2 rings (SSSR count). The number of thiazole rings is 2. The molecule has 0 aliphatic heterocycles. The molecule has 2 aromatic heterocycles. The summed E-state index contributed by atoms with van der Waals surface area (Å²) >= 11 is 3.40.